The maximum absolute atomic E-state index is 11.9. The summed E-state index contributed by atoms with van der Waals surface area (Å²) in [6.07, 6.45) is 0. The van der Waals surface area contributed by atoms with Gasteiger partial charge in [-0.15, -0.1) is 10.2 Å². The molecule has 1 N–H and O–H groups in total. The van der Waals surface area contributed by atoms with E-state index in [2.05, 4.69) is 15.5 Å². The summed E-state index contributed by atoms with van der Waals surface area (Å²) >= 11 is 18.8. The van der Waals surface area contributed by atoms with Gasteiger partial charge in [0.05, 0.1) is 10.8 Å². The van der Waals surface area contributed by atoms with Crippen LogP contribution < -0.4 is 10.1 Å². The molecule has 140 valence electrons. The standard InChI is InChI=1S/C17H12Cl3N3O3S/c18-10-1-4-12(5-2-10)21-15(24)9-27-17-23-22-16(26-17)8-25-14-6-3-11(19)7-13(14)20/h1-7H,8-9H2,(H,21,24). The minimum absolute atomic E-state index is 0.0475. The van der Waals surface area contributed by atoms with Crippen molar-refractivity contribution < 1.29 is 13.9 Å². The second kappa shape index (κ2) is 9.32. The van der Waals surface area contributed by atoms with Gasteiger partial charge >= 0.3 is 0 Å². The Morgan fingerprint density at radius 2 is 1.81 bits per heavy atom. The molecule has 0 spiro atoms. The molecule has 0 aliphatic carbocycles. The van der Waals surface area contributed by atoms with Crippen LogP contribution in [0.1, 0.15) is 5.89 Å². The van der Waals surface area contributed by atoms with E-state index in [1.165, 1.54) is 0 Å². The molecule has 0 saturated heterocycles. The van der Waals surface area contributed by atoms with Crippen molar-refractivity contribution in [3.05, 3.63) is 63.4 Å². The Morgan fingerprint density at radius 3 is 2.56 bits per heavy atom. The van der Waals surface area contributed by atoms with Gasteiger partial charge in [-0.25, -0.2) is 0 Å². The van der Waals surface area contributed by atoms with E-state index in [0.717, 1.165) is 11.8 Å². The van der Waals surface area contributed by atoms with Gasteiger partial charge in [-0.1, -0.05) is 46.6 Å². The van der Waals surface area contributed by atoms with Crippen LogP contribution in [0.4, 0.5) is 5.69 Å². The van der Waals surface area contributed by atoms with Gasteiger partial charge < -0.3 is 14.5 Å². The van der Waals surface area contributed by atoms with Crippen LogP contribution in [0.3, 0.4) is 0 Å². The maximum Gasteiger partial charge on any atom is 0.277 e. The van der Waals surface area contributed by atoms with E-state index < -0.39 is 0 Å². The van der Waals surface area contributed by atoms with Crippen LogP contribution in [-0.4, -0.2) is 21.9 Å². The largest absolute Gasteiger partial charge is 0.482 e. The molecule has 3 aromatic rings. The number of aromatic nitrogens is 2. The quantitative estimate of drug-likeness (QED) is 0.496. The molecule has 6 nitrogen and oxygen atoms in total. The number of ether oxygens (including phenoxy) is 1. The fourth-order valence-electron chi connectivity index (χ4n) is 1.94. The third-order valence-corrected chi connectivity index (χ3v) is 4.75. The molecule has 0 atom stereocenters. The van der Waals surface area contributed by atoms with Gasteiger partial charge in [-0.3, -0.25) is 4.79 Å². The highest BCUT2D eigenvalue weighted by Gasteiger charge is 2.11. The lowest BCUT2D eigenvalue weighted by molar-refractivity contribution is -0.113. The predicted octanol–water partition coefficient (Wildman–Crippen LogP) is 5.34. The third kappa shape index (κ3) is 6.04. The Kier molecular flexibility index (Phi) is 6.84. The summed E-state index contributed by atoms with van der Waals surface area (Å²) in [5.41, 5.74) is 0.657. The number of anilines is 1. The molecular formula is C17H12Cl3N3O3S. The van der Waals surface area contributed by atoms with Gasteiger partial charge in [-0.2, -0.15) is 0 Å². The Bertz CT molecular complexity index is 935. The highest BCUT2D eigenvalue weighted by Crippen LogP contribution is 2.28. The highest BCUT2D eigenvalue weighted by atomic mass is 35.5. The average molecular weight is 445 g/mol. The number of benzene rings is 2. The second-order valence-electron chi connectivity index (χ2n) is 5.17. The van der Waals surface area contributed by atoms with Gasteiger partial charge in [0.1, 0.15) is 5.75 Å². The van der Waals surface area contributed by atoms with E-state index in [1.807, 2.05) is 0 Å². The zero-order valence-corrected chi connectivity index (χ0v) is 16.7. The zero-order valence-electron chi connectivity index (χ0n) is 13.6. The fraction of sp³-hybridized carbons (Fsp3) is 0.118. The molecule has 27 heavy (non-hydrogen) atoms. The number of hydrogen-bond acceptors (Lipinski definition) is 6. The molecule has 1 aromatic heterocycles. The Hall–Kier alpha value is -1.93. The molecule has 1 heterocycles. The number of halogens is 3. The lowest BCUT2D eigenvalue weighted by Crippen LogP contribution is -2.13. The summed E-state index contributed by atoms with van der Waals surface area (Å²) in [5, 5.41) is 12.3. The number of rotatable bonds is 7. The number of nitrogens with zero attached hydrogens (tertiary/aromatic N) is 2. The van der Waals surface area contributed by atoms with Crippen LogP contribution in [0, 0.1) is 0 Å². The lowest BCUT2D eigenvalue weighted by Gasteiger charge is -2.05. The van der Waals surface area contributed by atoms with Crippen molar-refractivity contribution in [1.29, 1.82) is 0 Å². The molecule has 0 aliphatic heterocycles. The smallest absolute Gasteiger partial charge is 0.277 e. The van der Waals surface area contributed by atoms with Gasteiger partial charge in [0.15, 0.2) is 6.61 Å². The Morgan fingerprint density at radius 1 is 1.07 bits per heavy atom. The SMILES string of the molecule is O=C(CSc1nnc(COc2ccc(Cl)cc2Cl)o1)Nc1ccc(Cl)cc1. The molecule has 3 rings (SSSR count). The summed E-state index contributed by atoms with van der Waals surface area (Å²) in [4.78, 5) is 11.9. The first kappa shape index (κ1) is 19.8. The minimum Gasteiger partial charge on any atom is -0.482 e. The molecule has 0 bridgehead atoms. The minimum atomic E-state index is -0.203. The van der Waals surface area contributed by atoms with Crippen molar-refractivity contribution in [2.45, 2.75) is 11.8 Å². The third-order valence-electron chi connectivity index (χ3n) is 3.15. The average Bonchev–Trinajstić information content (AvgIpc) is 3.09. The van der Waals surface area contributed by atoms with E-state index in [-0.39, 0.29) is 29.4 Å². The number of hydrogen-bond donors (Lipinski definition) is 1. The normalized spacial score (nSPS) is 10.6. The zero-order chi connectivity index (χ0) is 19.2. The van der Waals surface area contributed by atoms with Crippen LogP contribution in [-0.2, 0) is 11.4 Å². The van der Waals surface area contributed by atoms with Crippen LogP contribution >= 0.6 is 46.6 Å². The molecule has 10 heteroatoms. The Labute approximate surface area is 174 Å². The summed E-state index contributed by atoms with van der Waals surface area (Å²) in [6, 6.07) is 11.7. The second-order valence-corrected chi connectivity index (χ2v) is 7.38. The van der Waals surface area contributed by atoms with Crippen molar-refractivity contribution in [3.8, 4) is 5.75 Å². The number of carbonyl (C=O) groups excluding carboxylic acids is 1. The first-order valence-electron chi connectivity index (χ1n) is 7.58. The van der Waals surface area contributed by atoms with E-state index in [0.29, 0.717) is 26.5 Å². The van der Waals surface area contributed by atoms with Crippen LogP contribution in [0.2, 0.25) is 15.1 Å². The van der Waals surface area contributed by atoms with Crippen LogP contribution in [0.15, 0.2) is 52.1 Å². The summed E-state index contributed by atoms with van der Waals surface area (Å²) in [6.45, 7) is 0.0475. The first-order valence-corrected chi connectivity index (χ1v) is 9.70. The number of thioether (sulfide) groups is 1. The molecule has 0 unspecified atom stereocenters. The van der Waals surface area contributed by atoms with Gasteiger partial charge in [-0.05, 0) is 42.5 Å². The summed E-state index contributed by atoms with van der Waals surface area (Å²) in [5.74, 6) is 0.636. The topological polar surface area (TPSA) is 77.2 Å². The van der Waals surface area contributed by atoms with Crippen LogP contribution in [0.25, 0.3) is 0 Å². The van der Waals surface area contributed by atoms with Crippen LogP contribution in [0.5, 0.6) is 5.75 Å². The number of nitrogens with one attached hydrogen (secondary N) is 1. The van der Waals surface area contributed by atoms with Crippen molar-refractivity contribution >= 4 is 58.2 Å². The molecule has 0 radical (unpaired) electrons. The molecular weight excluding hydrogens is 433 g/mol. The van der Waals surface area contributed by atoms with E-state index in [9.17, 15) is 4.79 Å². The molecule has 2 aromatic carbocycles. The molecule has 0 fully saturated rings. The van der Waals surface area contributed by atoms with E-state index in [1.54, 1.807) is 42.5 Å². The molecule has 0 aliphatic rings. The predicted molar refractivity (Wildman–Crippen MR) is 106 cm³/mol. The first-order chi connectivity index (χ1) is 13.0. The molecule has 1 amide bonds. The highest BCUT2D eigenvalue weighted by molar-refractivity contribution is 7.99. The number of amides is 1. The summed E-state index contributed by atoms with van der Waals surface area (Å²) < 4.78 is 11.0. The monoisotopic (exact) mass is 443 g/mol. The molecule has 0 saturated carbocycles. The number of carbonyl (C=O) groups is 1. The lowest BCUT2D eigenvalue weighted by atomic mass is 10.3. The fourth-order valence-corrected chi connectivity index (χ4v) is 3.11. The van der Waals surface area contributed by atoms with Crippen molar-refractivity contribution in [2.75, 3.05) is 11.1 Å². The van der Waals surface area contributed by atoms with E-state index in [4.69, 9.17) is 44.0 Å². The van der Waals surface area contributed by atoms with E-state index >= 15 is 0 Å². The Balaban J connectivity index is 1.47. The maximum atomic E-state index is 11.9. The van der Waals surface area contributed by atoms with Gasteiger partial charge in [0, 0.05) is 15.7 Å². The van der Waals surface area contributed by atoms with Gasteiger partial charge in [0.2, 0.25) is 5.91 Å². The van der Waals surface area contributed by atoms with Crippen molar-refractivity contribution in [1.82, 2.24) is 10.2 Å². The van der Waals surface area contributed by atoms with Crippen molar-refractivity contribution in [3.63, 3.8) is 0 Å². The van der Waals surface area contributed by atoms with Crippen molar-refractivity contribution in [2.24, 2.45) is 0 Å². The van der Waals surface area contributed by atoms with Gasteiger partial charge in [0.25, 0.3) is 11.1 Å². The summed E-state index contributed by atoms with van der Waals surface area (Å²) in [7, 11) is 0.